The molecule has 0 radical (unpaired) electrons. The number of nitrogens with zero attached hydrogens (tertiary/aromatic N) is 1. The molecule has 2 aromatic carbocycles. The van der Waals surface area contributed by atoms with Crippen molar-refractivity contribution in [3.63, 3.8) is 0 Å². The minimum atomic E-state index is -0.136. The fourth-order valence-corrected chi connectivity index (χ4v) is 2.67. The Morgan fingerprint density at radius 3 is 2.48 bits per heavy atom. The van der Waals surface area contributed by atoms with E-state index >= 15 is 0 Å². The molecule has 2 aromatic rings. The quantitative estimate of drug-likeness (QED) is 0.740. The van der Waals surface area contributed by atoms with Crippen molar-refractivity contribution in [1.82, 2.24) is 0 Å². The maximum atomic E-state index is 12.3. The number of benzene rings is 2. The Hall–Kier alpha value is -3.22. The van der Waals surface area contributed by atoms with Crippen molar-refractivity contribution in [2.45, 2.75) is 6.92 Å². The molecule has 7 nitrogen and oxygen atoms in total. The van der Waals surface area contributed by atoms with Crippen molar-refractivity contribution >= 4 is 34.6 Å². The van der Waals surface area contributed by atoms with Crippen LogP contribution < -0.4 is 26.0 Å². The third-order valence-corrected chi connectivity index (χ3v) is 3.77. The molecule has 0 spiro atoms. The van der Waals surface area contributed by atoms with Crippen molar-refractivity contribution in [1.29, 1.82) is 0 Å². The maximum absolute atomic E-state index is 12.3. The van der Waals surface area contributed by atoms with Gasteiger partial charge >= 0.3 is 0 Å². The molecule has 3 rings (SSSR count). The summed E-state index contributed by atoms with van der Waals surface area (Å²) in [6.07, 6.45) is 0. The summed E-state index contributed by atoms with van der Waals surface area (Å²) >= 11 is 0. The number of carbonyl (C=O) groups is 2. The molecule has 0 aliphatic carbocycles. The molecular formula is C18H20N4O3. The molecule has 0 bridgehead atoms. The van der Waals surface area contributed by atoms with Crippen LogP contribution in [0.1, 0.15) is 6.92 Å². The van der Waals surface area contributed by atoms with E-state index in [1.165, 1.54) is 6.92 Å². The lowest BCUT2D eigenvalue weighted by Gasteiger charge is -2.30. The van der Waals surface area contributed by atoms with Gasteiger partial charge in [0.15, 0.2) is 0 Å². The van der Waals surface area contributed by atoms with Crippen LogP contribution in [0.15, 0.2) is 42.5 Å². The van der Waals surface area contributed by atoms with Gasteiger partial charge in [-0.3, -0.25) is 9.59 Å². The maximum Gasteiger partial charge on any atom is 0.243 e. The Kier molecular flexibility index (Phi) is 4.74. The third kappa shape index (κ3) is 4.20. The molecule has 0 unspecified atom stereocenters. The number of carbonyl (C=O) groups excluding carboxylic acids is 2. The van der Waals surface area contributed by atoms with Gasteiger partial charge in [0.05, 0.1) is 18.8 Å². The molecule has 1 aliphatic rings. The number of hydrogen-bond donors (Lipinski definition) is 3. The molecule has 1 heterocycles. The fraction of sp³-hybridized carbons (Fsp3) is 0.222. The van der Waals surface area contributed by atoms with E-state index in [0.717, 1.165) is 5.69 Å². The van der Waals surface area contributed by atoms with Crippen LogP contribution >= 0.6 is 0 Å². The van der Waals surface area contributed by atoms with E-state index in [4.69, 9.17) is 10.5 Å². The first-order valence-corrected chi connectivity index (χ1v) is 7.96. The molecule has 0 saturated carbocycles. The van der Waals surface area contributed by atoms with E-state index in [2.05, 4.69) is 10.6 Å². The lowest BCUT2D eigenvalue weighted by atomic mass is 10.2. The molecule has 2 amide bonds. The monoisotopic (exact) mass is 340 g/mol. The fourth-order valence-electron chi connectivity index (χ4n) is 2.67. The summed E-state index contributed by atoms with van der Waals surface area (Å²) < 4.78 is 5.59. The van der Waals surface area contributed by atoms with E-state index in [1.54, 1.807) is 36.4 Å². The second-order valence-electron chi connectivity index (χ2n) is 5.80. The smallest absolute Gasteiger partial charge is 0.243 e. The summed E-state index contributed by atoms with van der Waals surface area (Å²) in [5.41, 5.74) is 8.61. The predicted molar refractivity (Wildman–Crippen MR) is 97.9 cm³/mol. The van der Waals surface area contributed by atoms with Gasteiger partial charge in [-0.05, 0) is 36.4 Å². The highest BCUT2D eigenvalue weighted by molar-refractivity contribution is 5.95. The summed E-state index contributed by atoms with van der Waals surface area (Å²) in [7, 11) is 0. The summed E-state index contributed by atoms with van der Waals surface area (Å²) in [6.45, 7) is 2.80. The van der Waals surface area contributed by atoms with Gasteiger partial charge in [-0.2, -0.15) is 0 Å². The Balaban J connectivity index is 1.63. The Labute approximate surface area is 145 Å². The highest BCUT2D eigenvalue weighted by Crippen LogP contribution is 2.33. The number of nitrogen functional groups attached to an aromatic ring is 1. The number of anilines is 4. The Bertz CT molecular complexity index is 789. The van der Waals surface area contributed by atoms with E-state index in [-0.39, 0.29) is 18.4 Å². The number of fused-ring (bicyclic) bond motifs is 1. The van der Waals surface area contributed by atoms with Gasteiger partial charge in [0.1, 0.15) is 12.4 Å². The van der Waals surface area contributed by atoms with Crippen LogP contribution in [0, 0.1) is 0 Å². The molecular weight excluding hydrogens is 320 g/mol. The zero-order valence-electron chi connectivity index (χ0n) is 13.9. The van der Waals surface area contributed by atoms with Crippen molar-refractivity contribution in [3.8, 4) is 5.75 Å². The normalized spacial score (nSPS) is 12.8. The SMILES string of the molecule is CC(=O)Nc1ccc(NC(=O)CN2CCOc3cc(N)ccc32)cc1. The Morgan fingerprint density at radius 1 is 1.12 bits per heavy atom. The van der Waals surface area contributed by atoms with Gasteiger partial charge in [0.25, 0.3) is 0 Å². The molecule has 7 heteroatoms. The molecule has 4 N–H and O–H groups in total. The van der Waals surface area contributed by atoms with Gasteiger partial charge in [0, 0.05) is 30.1 Å². The van der Waals surface area contributed by atoms with E-state index in [0.29, 0.717) is 36.0 Å². The second-order valence-corrected chi connectivity index (χ2v) is 5.80. The lowest BCUT2D eigenvalue weighted by Crippen LogP contribution is -2.38. The van der Waals surface area contributed by atoms with Crippen molar-refractivity contribution in [2.75, 3.05) is 41.0 Å². The van der Waals surface area contributed by atoms with Gasteiger partial charge < -0.3 is 26.0 Å². The number of nitrogens with two attached hydrogens (primary N) is 1. The van der Waals surface area contributed by atoms with Crippen LogP contribution in [0.3, 0.4) is 0 Å². The van der Waals surface area contributed by atoms with Crippen molar-refractivity contribution in [2.24, 2.45) is 0 Å². The molecule has 130 valence electrons. The molecule has 0 saturated heterocycles. The molecule has 0 atom stereocenters. The van der Waals surface area contributed by atoms with Crippen LogP contribution in [0.5, 0.6) is 5.75 Å². The summed E-state index contributed by atoms with van der Waals surface area (Å²) in [5, 5.41) is 5.54. The van der Waals surface area contributed by atoms with E-state index < -0.39 is 0 Å². The number of rotatable bonds is 4. The summed E-state index contributed by atoms with van der Waals surface area (Å²) in [5.74, 6) is 0.430. The average Bonchev–Trinajstić information content (AvgIpc) is 2.56. The van der Waals surface area contributed by atoms with Crippen LogP contribution in [0.2, 0.25) is 0 Å². The van der Waals surface area contributed by atoms with E-state index in [9.17, 15) is 9.59 Å². The minimum absolute atomic E-state index is 0.128. The third-order valence-electron chi connectivity index (χ3n) is 3.77. The van der Waals surface area contributed by atoms with E-state index in [1.807, 2.05) is 11.0 Å². The highest BCUT2D eigenvalue weighted by atomic mass is 16.5. The average molecular weight is 340 g/mol. The number of ether oxygens (including phenoxy) is 1. The molecule has 0 aromatic heterocycles. The van der Waals surface area contributed by atoms with Crippen LogP contribution in [-0.4, -0.2) is 31.5 Å². The second kappa shape index (κ2) is 7.12. The zero-order valence-corrected chi connectivity index (χ0v) is 13.9. The number of hydrogen-bond acceptors (Lipinski definition) is 5. The summed E-state index contributed by atoms with van der Waals surface area (Å²) in [6, 6.07) is 12.4. The van der Waals surface area contributed by atoms with Gasteiger partial charge in [0.2, 0.25) is 11.8 Å². The largest absolute Gasteiger partial charge is 0.489 e. The van der Waals surface area contributed by atoms with Crippen LogP contribution in [0.4, 0.5) is 22.7 Å². The van der Waals surface area contributed by atoms with Crippen LogP contribution in [-0.2, 0) is 9.59 Å². The highest BCUT2D eigenvalue weighted by Gasteiger charge is 2.20. The predicted octanol–water partition coefficient (Wildman–Crippen LogP) is 2.06. The topological polar surface area (TPSA) is 96.7 Å². The number of amides is 2. The standard InChI is InChI=1S/C18H20N4O3/c1-12(23)20-14-3-5-15(6-4-14)21-18(24)11-22-8-9-25-17-10-13(19)2-7-16(17)22/h2-7,10H,8-9,11,19H2,1H3,(H,20,23)(H,21,24). The first-order chi connectivity index (χ1) is 12.0. The first-order valence-electron chi connectivity index (χ1n) is 7.96. The number of nitrogens with one attached hydrogen (secondary N) is 2. The lowest BCUT2D eigenvalue weighted by molar-refractivity contribution is -0.115. The van der Waals surface area contributed by atoms with Crippen molar-refractivity contribution < 1.29 is 14.3 Å². The summed E-state index contributed by atoms with van der Waals surface area (Å²) in [4.78, 5) is 25.3. The van der Waals surface area contributed by atoms with Gasteiger partial charge in [-0.1, -0.05) is 0 Å². The molecule has 1 aliphatic heterocycles. The van der Waals surface area contributed by atoms with Gasteiger partial charge in [-0.15, -0.1) is 0 Å². The molecule has 0 fully saturated rings. The Morgan fingerprint density at radius 2 is 1.80 bits per heavy atom. The van der Waals surface area contributed by atoms with Crippen LogP contribution in [0.25, 0.3) is 0 Å². The first kappa shape index (κ1) is 16.6. The van der Waals surface area contributed by atoms with Gasteiger partial charge in [-0.25, -0.2) is 0 Å². The minimum Gasteiger partial charge on any atom is -0.489 e. The zero-order chi connectivity index (χ0) is 17.8. The van der Waals surface area contributed by atoms with Crippen molar-refractivity contribution in [3.05, 3.63) is 42.5 Å². The molecule has 25 heavy (non-hydrogen) atoms.